The molecule has 82 valence electrons. The van der Waals surface area contributed by atoms with Crippen molar-refractivity contribution in [1.82, 2.24) is 0 Å². The molecule has 1 N–H and O–H groups in total. The van der Waals surface area contributed by atoms with Gasteiger partial charge in [-0.25, -0.2) is 0 Å². The molecule has 1 nitrogen and oxygen atoms in total. The number of hydrogen-bond donors (Lipinski definition) is 1. The zero-order valence-electron chi connectivity index (χ0n) is 9.61. The average Bonchev–Trinajstić information content (AvgIpc) is 2.34. The minimum absolute atomic E-state index is 0.989. The van der Waals surface area contributed by atoms with Crippen molar-refractivity contribution in [3.05, 3.63) is 54.6 Å². The van der Waals surface area contributed by atoms with Gasteiger partial charge in [-0.2, -0.15) is 0 Å². The van der Waals surface area contributed by atoms with Crippen molar-refractivity contribution in [2.24, 2.45) is 0 Å². The second-order valence-corrected chi connectivity index (χ2v) is 3.85. The molecule has 2 rings (SSSR count). The summed E-state index contributed by atoms with van der Waals surface area (Å²) >= 11 is 0. The number of anilines is 1. The van der Waals surface area contributed by atoms with E-state index >= 15 is 0 Å². The highest BCUT2D eigenvalue weighted by Gasteiger charge is 1.94. The van der Waals surface area contributed by atoms with Gasteiger partial charge in [-0.15, -0.1) is 0 Å². The van der Waals surface area contributed by atoms with Crippen molar-refractivity contribution in [3.8, 4) is 0 Å². The minimum atomic E-state index is 0.989. The minimum Gasteiger partial charge on any atom is -0.385 e. The van der Waals surface area contributed by atoms with Crippen LogP contribution in [0.2, 0.25) is 0 Å². The van der Waals surface area contributed by atoms with Crippen molar-refractivity contribution in [1.29, 1.82) is 0 Å². The second kappa shape index (κ2) is 5.36. The monoisotopic (exact) mass is 211 g/mol. The first-order valence-electron chi connectivity index (χ1n) is 5.74. The topological polar surface area (TPSA) is 12.0 Å². The van der Waals surface area contributed by atoms with Gasteiger partial charge in [0.05, 0.1) is 0 Å². The Morgan fingerprint density at radius 1 is 1.06 bits per heavy atom. The third kappa shape index (κ3) is 2.63. The fraction of sp³-hybridized carbons (Fsp3) is 0.200. The summed E-state index contributed by atoms with van der Waals surface area (Å²) in [7, 11) is 0. The van der Waals surface area contributed by atoms with Gasteiger partial charge in [0, 0.05) is 12.2 Å². The molecule has 0 spiro atoms. The van der Waals surface area contributed by atoms with Crippen molar-refractivity contribution >= 4 is 16.5 Å². The Bertz CT molecular complexity index is 486. The predicted octanol–water partition coefficient (Wildman–Crippen LogP) is 4.22. The molecule has 0 aliphatic rings. The lowest BCUT2D eigenvalue weighted by atomic mass is 10.1. The molecule has 0 bridgehead atoms. The summed E-state index contributed by atoms with van der Waals surface area (Å²) in [6.07, 6.45) is 5.33. The molecule has 0 saturated heterocycles. The lowest BCUT2D eigenvalue weighted by Crippen LogP contribution is -1.99. The van der Waals surface area contributed by atoms with Crippen molar-refractivity contribution in [3.63, 3.8) is 0 Å². The van der Waals surface area contributed by atoms with E-state index in [9.17, 15) is 0 Å². The first kappa shape index (κ1) is 10.7. The van der Waals surface area contributed by atoms with Crippen LogP contribution in [0.25, 0.3) is 10.8 Å². The summed E-state index contributed by atoms with van der Waals surface area (Å²) in [6, 6.07) is 14.9. The van der Waals surface area contributed by atoms with Gasteiger partial charge >= 0.3 is 0 Å². The molecule has 0 fully saturated rings. The van der Waals surface area contributed by atoms with Crippen LogP contribution in [-0.2, 0) is 0 Å². The average molecular weight is 211 g/mol. The number of fused-ring (bicyclic) bond motifs is 1. The lowest BCUT2D eigenvalue weighted by molar-refractivity contribution is 1.07. The van der Waals surface area contributed by atoms with E-state index in [0.717, 1.165) is 13.0 Å². The zero-order chi connectivity index (χ0) is 11.2. The zero-order valence-corrected chi connectivity index (χ0v) is 9.61. The molecule has 0 amide bonds. The highest BCUT2D eigenvalue weighted by atomic mass is 14.9. The molecule has 0 saturated carbocycles. The van der Waals surface area contributed by atoms with E-state index in [4.69, 9.17) is 0 Å². The molecular formula is C15H17N. The molecule has 0 atom stereocenters. The van der Waals surface area contributed by atoms with Gasteiger partial charge in [-0.1, -0.05) is 42.5 Å². The van der Waals surface area contributed by atoms with Crippen LogP contribution < -0.4 is 5.32 Å². The fourth-order valence-corrected chi connectivity index (χ4v) is 1.77. The van der Waals surface area contributed by atoms with E-state index in [1.54, 1.807) is 0 Å². The van der Waals surface area contributed by atoms with Crippen LogP contribution in [0.3, 0.4) is 0 Å². The quantitative estimate of drug-likeness (QED) is 0.590. The number of allylic oxidation sites excluding steroid dienone is 1. The molecule has 1 heteroatoms. The SMILES string of the molecule is C/C=C/CCNc1ccc2ccccc2c1. The molecule has 0 heterocycles. The second-order valence-electron chi connectivity index (χ2n) is 3.85. The maximum Gasteiger partial charge on any atom is 0.0346 e. The summed E-state index contributed by atoms with van der Waals surface area (Å²) < 4.78 is 0. The van der Waals surface area contributed by atoms with Crippen molar-refractivity contribution in [2.45, 2.75) is 13.3 Å². The van der Waals surface area contributed by atoms with Crippen LogP contribution in [-0.4, -0.2) is 6.54 Å². The third-order valence-corrected chi connectivity index (χ3v) is 2.63. The molecule has 16 heavy (non-hydrogen) atoms. The van der Waals surface area contributed by atoms with E-state index in [2.05, 4.69) is 66.9 Å². The Labute approximate surface area is 96.8 Å². The number of benzene rings is 2. The highest BCUT2D eigenvalue weighted by Crippen LogP contribution is 2.18. The van der Waals surface area contributed by atoms with Crippen LogP contribution in [0, 0.1) is 0 Å². The van der Waals surface area contributed by atoms with Crippen LogP contribution >= 0.6 is 0 Å². The first-order valence-corrected chi connectivity index (χ1v) is 5.74. The normalized spacial score (nSPS) is 11.1. The Kier molecular flexibility index (Phi) is 3.60. The van der Waals surface area contributed by atoms with Crippen LogP contribution in [0.4, 0.5) is 5.69 Å². The van der Waals surface area contributed by atoms with E-state index in [-0.39, 0.29) is 0 Å². The number of rotatable bonds is 4. The van der Waals surface area contributed by atoms with E-state index in [1.807, 2.05) is 0 Å². The Morgan fingerprint density at radius 3 is 2.69 bits per heavy atom. The molecule has 0 unspecified atom stereocenters. The number of hydrogen-bond acceptors (Lipinski definition) is 1. The molecule has 0 radical (unpaired) electrons. The van der Waals surface area contributed by atoms with Crippen LogP contribution in [0.15, 0.2) is 54.6 Å². The van der Waals surface area contributed by atoms with Crippen LogP contribution in [0.1, 0.15) is 13.3 Å². The predicted molar refractivity (Wildman–Crippen MR) is 71.9 cm³/mol. The molecule has 0 aromatic heterocycles. The maximum absolute atomic E-state index is 3.42. The third-order valence-electron chi connectivity index (χ3n) is 2.63. The van der Waals surface area contributed by atoms with Crippen molar-refractivity contribution in [2.75, 3.05) is 11.9 Å². The summed E-state index contributed by atoms with van der Waals surface area (Å²) in [4.78, 5) is 0. The smallest absolute Gasteiger partial charge is 0.0346 e. The lowest BCUT2D eigenvalue weighted by Gasteiger charge is -2.06. The Morgan fingerprint density at radius 2 is 1.88 bits per heavy atom. The summed E-state index contributed by atoms with van der Waals surface area (Å²) in [6.45, 7) is 3.04. The van der Waals surface area contributed by atoms with Gasteiger partial charge < -0.3 is 5.32 Å². The standard InChI is InChI=1S/C15H17N/c1-2-3-6-11-16-15-10-9-13-7-4-5-8-14(13)12-15/h2-5,7-10,12,16H,6,11H2,1H3/b3-2+. The summed E-state index contributed by atoms with van der Waals surface area (Å²) in [5.41, 5.74) is 1.20. The molecule has 0 aliphatic heterocycles. The molecule has 0 aliphatic carbocycles. The first-order chi connectivity index (χ1) is 7.90. The largest absolute Gasteiger partial charge is 0.385 e. The van der Waals surface area contributed by atoms with Crippen LogP contribution in [0.5, 0.6) is 0 Å². The maximum atomic E-state index is 3.42. The molecule has 2 aromatic carbocycles. The van der Waals surface area contributed by atoms with Gasteiger partial charge in [-0.3, -0.25) is 0 Å². The Balaban J connectivity index is 2.07. The number of nitrogens with one attached hydrogen (secondary N) is 1. The molecule has 2 aromatic rings. The fourth-order valence-electron chi connectivity index (χ4n) is 1.77. The van der Waals surface area contributed by atoms with Gasteiger partial charge in [0.25, 0.3) is 0 Å². The van der Waals surface area contributed by atoms with E-state index in [1.165, 1.54) is 16.5 Å². The molecular weight excluding hydrogens is 194 g/mol. The van der Waals surface area contributed by atoms with Crippen molar-refractivity contribution < 1.29 is 0 Å². The summed E-state index contributed by atoms with van der Waals surface area (Å²) in [5, 5.41) is 6.00. The Hall–Kier alpha value is -1.76. The van der Waals surface area contributed by atoms with Gasteiger partial charge in [-0.05, 0) is 36.2 Å². The van der Waals surface area contributed by atoms with Gasteiger partial charge in [0.15, 0.2) is 0 Å². The highest BCUT2D eigenvalue weighted by molar-refractivity contribution is 5.85. The van der Waals surface area contributed by atoms with Gasteiger partial charge in [0.1, 0.15) is 0 Å². The summed E-state index contributed by atoms with van der Waals surface area (Å²) in [5.74, 6) is 0. The van der Waals surface area contributed by atoms with E-state index < -0.39 is 0 Å². The van der Waals surface area contributed by atoms with E-state index in [0.29, 0.717) is 0 Å². The van der Waals surface area contributed by atoms with Gasteiger partial charge in [0.2, 0.25) is 0 Å².